The minimum absolute atomic E-state index is 0.307. The number of hydrogen-bond donors (Lipinski definition) is 2. The third-order valence-electron chi connectivity index (χ3n) is 2.00. The molecule has 0 fully saturated rings. The van der Waals surface area contributed by atoms with Gasteiger partial charge < -0.3 is 5.73 Å². The lowest BCUT2D eigenvalue weighted by Gasteiger charge is -2.13. The van der Waals surface area contributed by atoms with Gasteiger partial charge in [0, 0.05) is 6.42 Å². The van der Waals surface area contributed by atoms with Crippen LogP contribution in [-0.4, -0.2) is 5.84 Å². The molecule has 0 saturated carbocycles. The largest absolute Gasteiger partial charge is 0.388 e. The molecule has 0 bridgehead atoms. The zero-order valence-electron chi connectivity index (χ0n) is 7.78. The molecule has 2 heteroatoms. The van der Waals surface area contributed by atoms with Gasteiger partial charge in [0.1, 0.15) is 0 Å². The van der Waals surface area contributed by atoms with Gasteiger partial charge in [0.15, 0.2) is 0 Å². The Labute approximate surface area is 69.7 Å². The summed E-state index contributed by atoms with van der Waals surface area (Å²) in [6.07, 6.45) is 2.88. The van der Waals surface area contributed by atoms with Gasteiger partial charge in [-0.15, -0.1) is 0 Å². The summed E-state index contributed by atoms with van der Waals surface area (Å²) < 4.78 is 0. The Morgan fingerprint density at radius 2 is 1.91 bits per heavy atom. The van der Waals surface area contributed by atoms with Crippen molar-refractivity contribution in [2.45, 2.75) is 40.0 Å². The molecule has 0 aliphatic carbocycles. The molecule has 0 saturated heterocycles. The maximum Gasteiger partial charge on any atom is 0.0905 e. The summed E-state index contributed by atoms with van der Waals surface area (Å²) in [5, 5.41) is 7.01. The molecule has 0 atom stereocenters. The van der Waals surface area contributed by atoms with Gasteiger partial charge in [-0.25, -0.2) is 0 Å². The molecule has 0 heterocycles. The van der Waals surface area contributed by atoms with Crippen LogP contribution in [0, 0.1) is 17.2 Å². The summed E-state index contributed by atoms with van der Waals surface area (Å²) in [5.74, 6) is 2.48. The van der Waals surface area contributed by atoms with E-state index < -0.39 is 0 Å². The predicted octanol–water partition coefficient (Wildman–Crippen LogP) is 2.34. The van der Waals surface area contributed by atoms with Crippen molar-refractivity contribution >= 4 is 5.84 Å². The van der Waals surface area contributed by atoms with Crippen LogP contribution in [0.2, 0.25) is 0 Å². The van der Waals surface area contributed by atoms with E-state index in [-0.39, 0.29) is 0 Å². The van der Waals surface area contributed by atoms with Crippen molar-refractivity contribution in [3.05, 3.63) is 5.92 Å². The fourth-order valence-corrected chi connectivity index (χ4v) is 0.846. The lowest BCUT2D eigenvalue weighted by Crippen LogP contribution is -2.10. The second-order valence-corrected chi connectivity index (χ2v) is 3.38. The van der Waals surface area contributed by atoms with Crippen molar-refractivity contribution in [3.63, 3.8) is 0 Å². The van der Waals surface area contributed by atoms with Crippen molar-refractivity contribution in [2.75, 3.05) is 0 Å². The van der Waals surface area contributed by atoms with Crippen LogP contribution in [0.15, 0.2) is 0 Å². The lowest BCUT2D eigenvalue weighted by atomic mass is 9.92. The number of nitrogens with one attached hydrogen (secondary N) is 1. The van der Waals surface area contributed by atoms with Gasteiger partial charge in [-0.1, -0.05) is 20.8 Å². The normalized spacial score (nSPS) is 11.0. The molecule has 0 spiro atoms. The Balaban J connectivity index is 3.31. The van der Waals surface area contributed by atoms with E-state index >= 15 is 0 Å². The van der Waals surface area contributed by atoms with Gasteiger partial charge in [0.25, 0.3) is 0 Å². The average Bonchev–Trinajstić information content (AvgIpc) is 1.86. The average molecular weight is 155 g/mol. The number of rotatable bonds is 5. The van der Waals surface area contributed by atoms with E-state index in [1.165, 1.54) is 5.92 Å². The van der Waals surface area contributed by atoms with E-state index in [4.69, 9.17) is 11.1 Å². The summed E-state index contributed by atoms with van der Waals surface area (Å²) in [6.45, 7) is 6.57. The van der Waals surface area contributed by atoms with Gasteiger partial charge in [0.2, 0.25) is 0 Å². The second kappa shape index (κ2) is 5.16. The summed E-state index contributed by atoms with van der Waals surface area (Å²) in [5.41, 5.74) is 5.23. The Hall–Kier alpha value is -0.530. The van der Waals surface area contributed by atoms with Crippen LogP contribution in [0.1, 0.15) is 40.0 Å². The minimum atomic E-state index is 0.307. The molecule has 0 amide bonds. The highest BCUT2D eigenvalue weighted by Crippen LogP contribution is 2.18. The minimum Gasteiger partial charge on any atom is -0.388 e. The highest BCUT2D eigenvalue weighted by Gasteiger charge is 2.06. The number of hydrogen-bond acceptors (Lipinski definition) is 1. The molecule has 0 aliphatic rings. The third-order valence-corrected chi connectivity index (χ3v) is 2.00. The van der Waals surface area contributed by atoms with E-state index in [0.29, 0.717) is 11.8 Å². The Morgan fingerprint density at radius 1 is 1.36 bits per heavy atom. The van der Waals surface area contributed by atoms with Crippen LogP contribution in [-0.2, 0) is 0 Å². The highest BCUT2D eigenvalue weighted by atomic mass is 14.7. The van der Waals surface area contributed by atoms with Gasteiger partial charge in [0.05, 0.1) is 5.84 Å². The summed E-state index contributed by atoms with van der Waals surface area (Å²) in [6, 6.07) is 0. The predicted molar refractivity (Wildman–Crippen MR) is 49.5 cm³/mol. The highest BCUT2D eigenvalue weighted by molar-refractivity contribution is 5.76. The lowest BCUT2D eigenvalue weighted by molar-refractivity contribution is 0.591. The molecule has 11 heavy (non-hydrogen) atoms. The Kier molecular flexibility index (Phi) is 4.92. The van der Waals surface area contributed by atoms with Gasteiger partial charge in [-0.05, 0) is 24.7 Å². The van der Waals surface area contributed by atoms with E-state index in [1.54, 1.807) is 0 Å². The zero-order valence-corrected chi connectivity index (χ0v) is 7.78. The van der Waals surface area contributed by atoms with E-state index in [0.717, 1.165) is 19.3 Å². The molecule has 2 nitrogen and oxygen atoms in total. The monoisotopic (exact) mass is 155 g/mol. The van der Waals surface area contributed by atoms with Crippen LogP contribution in [0.3, 0.4) is 0 Å². The SMILES string of the molecule is C[C](CCCC(=N)N)C(C)C. The topological polar surface area (TPSA) is 49.9 Å². The van der Waals surface area contributed by atoms with Crippen molar-refractivity contribution < 1.29 is 0 Å². The first-order valence-electron chi connectivity index (χ1n) is 4.19. The van der Waals surface area contributed by atoms with Crippen LogP contribution >= 0.6 is 0 Å². The summed E-state index contributed by atoms with van der Waals surface area (Å²) in [7, 11) is 0. The Morgan fingerprint density at radius 3 is 2.27 bits per heavy atom. The zero-order chi connectivity index (χ0) is 8.85. The molecule has 65 valence electrons. The molecule has 3 N–H and O–H groups in total. The molecule has 1 radical (unpaired) electrons. The van der Waals surface area contributed by atoms with Gasteiger partial charge >= 0.3 is 0 Å². The molecule has 0 rings (SSSR count). The molecule has 0 unspecified atom stereocenters. The van der Waals surface area contributed by atoms with Crippen LogP contribution < -0.4 is 5.73 Å². The van der Waals surface area contributed by atoms with Crippen molar-refractivity contribution in [1.82, 2.24) is 0 Å². The standard InChI is InChI=1S/C9H19N2/c1-7(2)8(3)5-4-6-9(10)11/h7H,4-6H2,1-3H3,(H3,10,11). The first-order valence-corrected chi connectivity index (χ1v) is 4.19. The number of amidine groups is 1. The molecule has 0 aromatic heterocycles. The molecular formula is C9H19N2. The van der Waals surface area contributed by atoms with E-state index in [2.05, 4.69) is 20.8 Å². The Bertz CT molecular complexity index is 119. The van der Waals surface area contributed by atoms with Crippen molar-refractivity contribution in [1.29, 1.82) is 5.41 Å². The maximum absolute atomic E-state index is 7.01. The summed E-state index contributed by atoms with van der Waals surface area (Å²) in [4.78, 5) is 0. The van der Waals surface area contributed by atoms with Crippen LogP contribution in [0.25, 0.3) is 0 Å². The van der Waals surface area contributed by atoms with E-state index in [9.17, 15) is 0 Å². The van der Waals surface area contributed by atoms with Crippen molar-refractivity contribution in [2.24, 2.45) is 11.7 Å². The summed E-state index contributed by atoms with van der Waals surface area (Å²) >= 11 is 0. The van der Waals surface area contributed by atoms with E-state index in [1.807, 2.05) is 0 Å². The van der Waals surface area contributed by atoms with Crippen LogP contribution in [0.4, 0.5) is 0 Å². The second-order valence-electron chi connectivity index (χ2n) is 3.38. The molecule has 0 aromatic rings. The molecule has 0 aliphatic heterocycles. The third kappa shape index (κ3) is 5.89. The molecule has 0 aromatic carbocycles. The van der Waals surface area contributed by atoms with Gasteiger partial charge in [-0.3, -0.25) is 5.41 Å². The quantitative estimate of drug-likeness (QED) is 0.464. The fraction of sp³-hybridized carbons (Fsp3) is 0.778. The van der Waals surface area contributed by atoms with Crippen LogP contribution in [0.5, 0.6) is 0 Å². The molecular weight excluding hydrogens is 136 g/mol. The first-order chi connectivity index (χ1) is 5.04. The van der Waals surface area contributed by atoms with Gasteiger partial charge in [-0.2, -0.15) is 0 Å². The fourth-order valence-electron chi connectivity index (χ4n) is 0.846. The first kappa shape index (κ1) is 10.5. The maximum atomic E-state index is 7.01. The smallest absolute Gasteiger partial charge is 0.0905 e. The number of nitrogens with two attached hydrogens (primary N) is 1. The van der Waals surface area contributed by atoms with Crippen molar-refractivity contribution in [3.8, 4) is 0 Å².